The van der Waals surface area contributed by atoms with Crippen molar-refractivity contribution in [1.82, 2.24) is 0 Å². The van der Waals surface area contributed by atoms with E-state index < -0.39 is 0 Å². The fraction of sp³-hybridized carbons (Fsp3) is 0.182. The predicted molar refractivity (Wildman–Crippen MR) is 57.8 cm³/mol. The quantitative estimate of drug-likeness (QED) is 0.520. The highest BCUT2D eigenvalue weighted by Crippen LogP contribution is 2.28. The average Bonchev–Trinajstić information content (AvgIpc) is 2.23. The van der Waals surface area contributed by atoms with Gasteiger partial charge in [-0.2, -0.15) is 0 Å². The molecule has 0 fully saturated rings. The molecule has 1 aliphatic heterocycles. The van der Waals surface area contributed by atoms with Crippen LogP contribution in [0.3, 0.4) is 0 Å². The van der Waals surface area contributed by atoms with E-state index in [0.29, 0.717) is 12.2 Å². The van der Waals surface area contributed by atoms with Crippen LogP contribution in [-0.4, -0.2) is 17.9 Å². The molecule has 3 N–H and O–H groups in total. The Kier molecular flexibility index (Phi) is 2.23. The third-order valence-corrected chi connectivity index (χ3v) is 2.31. The monoisotopic (exact) mass is 188 g/mol. The molecule has 1 unspecified atom stereocenters. The summed E-state index contributed by atoms with van der Waals surface area (Å²) >= 11 is 0. The average molecular weight is 188 g/mol. The molecule has 1 heterocycles. The van der Waals surface area contributed by atoms with Gasteiger partial charge in [-0.1, -0.05) is 6.08 Å². The number of nitrogens with zero attached hydrogens (tertiary/aromatic N) is 1. The summed E-state index contributed by atoms with van der Waals surface area (Å²) in [6.07, 6.45) is 5.71. The van der Waals surface area contributed by atoms with Crippen LogP contribution < -0.4 is 5.73 Å². The number of nitrogen functional groups attached to an aromatic ring is 1. The largest absolute Gasteiger partial charge is 0.508 e. The van der Waals surface area contributed by atoms with Gasteiger partial charge in [0.15, 0.2) is 0 Å². The Morgan fingerprint density at radius 3 is 3.00 bits per heavy atom. The zero-order valence-electron chi connectivity index (χ0n) is 7.72. The summed E-state index contributed by atoms with van der Waals surface area (Å²) in [6.45, 7) is 0.699. The zero-order valence-corrected chi connectivity index (χ0v) is 7.72. The smallest absolute Gasteiger partial charge is 0.116 e. The molecule has 0 radical (unpaired) electrons. The van der Waals surface area contributed by atoms with Crippen molar-refractivity contribution in [3.8, 4) is 5.75 Å². The van der Waals surface area contributed by atoms with Gasteiger partial charge in [0.2, 0.25) is 0 Å². The number of phenols is 1. The molecule has 1 aromatic carbocycles. The Labute approximate surface area is 82.6 Å². The third-order valence-electron chi connectivity index (χ3n) is 2.31. The van der Waals surface area contributed by atoms with Crippen LogP contribution >= 0.6 is 0 Å². The first-order valence-corrected chi connectivity index (χ1v) is 4.52. The number of aromatic hydroxyl groups is 1. The van der Waals surface area contributed by atoms with Crippen molar-refractivity contribution >= 4 is 11.9 Å². The standard InChI is InChI=1S/C11H12N2O/c12-11-4-3-9(14)6-10(11)8-2-1-5-13-7-8/h1-6,8,14H,7,12H2. The normalized spacial score (nSPS) is 19.9. The first kappa shape index (κ1) is 8.81. The maximum Gasteiger partial charge on any atom is 0.116 e. The van der Waals surface area contributed by atoms with E-state index in [1.54, 1.807) is 24.4 Å². The summed E-state index contributed by atoms with van der Waals surface area (Å²) in [4.78, 5) is 4.16. The molecule has 0 saturated heterocycles. The summed E-state index contributed by atoms with van der Waals surface area (Å²) in [5.41, 5.74) is 7.47. The molecule has 1 atom stereocenters. The van der Waals surface area contributed by atoms with Crippen molar-refractivity contribution < 1.29 is 5.11 Å². The molecule has 3 heteroatoms. The zero-order chi connectivity index (χ0) is 9.97. The summed E-state index contributed by atoms with van der Waals surface area (Å²) < 4.78 is 0. The van der Waals surface area contributed by atoms with Gasteiger partial charge >= 0.3 is 0 Å². The number of hydrogen-bond acceptors (Lipinski definition) is 3. The molecule has 0 saturated carbocycles. The fourth-order valence-corrected chi connectivity index (χ4v) is 1.57. The maximum absolute atomic E-state index is 9.35. The summed E-state index contributed by atoms with van der Waals surface area (Å²) in [7, 11) is 0. The maximum atomic E-state index is 9.35. The second-order valence-corrected chi connectivity index (χ2v) is 3.32. The number of hydrogen-bond donors (Lipinski definition) is 2. The highest BCUT2D eigenvalue weighted by molar-refractivity contribution is 5.73. The van der Waals surface area contributed by atoms with E-state index in [9.17, 15) is 5.11 Å². The van der Waals surface area contributed by atoms with E-state index in [1.165, 1.54) is 0 Å². The molecule has 3 nitrogen and oxygen atoms in total. The molecule has 1 aliphatic rings. The highest BCUT2D eigenvalue weighted by Gasteiger charge is 2.12. The Morgan fingerprint density at radius 2 is 2.29 bits per heavy atom. The summed E-state index contributed by atoms with van der Waals surface area (Å²) in [5.74, 6) is 0.434. The van der Waals surface area contributed by atoms with Gasteiger partial charge in [0.1, 0.15) is 5.75 Å². The van der Waals surface area contributed by atoms with Crippen LogP contribution in [0.4, 0.5) is 5.69 Å². The molecule has 0 aliphatic carbocycles. The first-order chi connectivity index (χ1) is 6.77. The van der Waals surface area contributed by atoms with Crippen molar-refractivity contribution in [3.63, 3.8) is 0 Å². The minimum atomic E-state index is 0.187. The Bertz CT molecular complexity index is 396. The van der Waals surface area contributed by atoms with Crippen LogP contribution in [0.25, 0.3) is 0 Å². The van der Waals surface area contributed by atoms with Gasteiger partial charge in [0.25, 0.3) is 0 Å². The number of dihydropyridines is 1. The Morgan fingerprint density at radius 1 is 1.43 bits per heavy atom. The molecule has 72 valence electrons. The number of nitrogens with two attached hydrogens (primary N) is 1. The third kappa shape index (κ3) is 1.62. The minimum Gasteiger partial charge on any atom is -0.508 e. The minimum absolute atomic E-state index is 0.187. The van der Waals surface area contributed by atoms with Crippen LogP contribution in [0.2, 0.25) is 0 Å². The van der Waals surface area contributed by atoms with Gasteiger partial charge < -0.3 is 10.8 Å². The van der Waals surface area contributed by atoms with E-state index in [2.05, 4.69) is 4.99 Å². The van der Waals surface area contributed by atoms with Gasteiger partial charge in [-0.05, 0) is 29.8 Å². The molecule has 1 aromatic rings. The molecule has 0 bridgehead atoms. The number of allylic oxidation sites excluding steroid dienone is 1. The molecule has 0 spiro atoms. The van der Waals surface area contributed by atoms with Crippen LogP contribution in [0, 0.1) is 0 Å². The Hall–Kier alpha value is -1.77. The van der Waals surface area contributed by atoms with Gasteiger partial charge in [0.05, 0.1) is 0 Å². The predicted octanol–water partition coefficient (Wildman–Crippen LogP) is 1.70. The van der Waals surface area contributed by atoms with E-state index in [1.807, 2.05) is 12.2 Å². The molecule has 0 amide bonds. The van der Waals surface area contributed by atoms with Gasteiger partial charge in [-0.25, -0.2) is 0 Å². The number of rotatable bonds is 1. The number of benzene rings is 1. The number of anilines is 1. The fourth-order valence-electron chi connectivity index (χ4n) is 1.57. The van der Waals surface area contributed by atoms with Crippen LogP contribution in [-0.2, 0) is 0 Å². The van der Waals surface area contributed by atoms with E-state index in [4.69, 9.17) is 5.73 Å². The van der Waals surface area contributed by atoms with Crippen LogP contribution in [0.15, 0.2) is 35.3 Å². The SMILES string of the molecule is Nc1ccc(O)cc1C1C=CC=NC1. The Balaban J connectivity index is 2.35. The van der Waals surface area contributed by atoms with Crippen molar-refractivity contribution in [2.45, 2.75) is 5.92 Å². The van der Waals surface area contributed by atoms with Crippen molar-refractivity contribution in [3.05, 3.63) is 35.9 Å². The lowest BCUT2D eigenvalue weighted by Gasteiger charge is -2.15. The molecular formula is C11H12N2O. The molecule has 2 rings (SSSR count). The second kappa shape index (κ2) is 3.54. The van der Waals surface area contributed by atoms with Crippen molar-refractivity contribution in [2.24, 2.45) is 4.99 Å². The summed E-state index contributed by atoms with van der Waals surface area (Å²) in [6, 6.07) is 5.01. The number of aliphatic imine (C=N–C) groups is 1. The van der Waals surface area contributed by atoms with Gasteiger partial charge in [0, 0.05) is 24.4 Å². The van der Waals surface area contributed by atoms with Crippen LogP contribution in [0.1, 0.15) is 11.5 Å². The first-order valence-electron chi connectivity index (χ1n) is 4.52. The molecule has 14 heavy (non-hydrogen) atoms. The van der Waals surface area contributed by atoms with Crippen molar-refractivity contribution in [2.75, 3.05) is 12.3 Å². The van der Waals surface area contributed by atoms with Gasteiger partial charge in [-0.15, -0.1) is 0 Å². The molecular weight excluding hydrogens is 176 g/mol. The highest BCUT2D eigenvalue weighted by atomic mass is 16.3. The lowest BCUT2D eigenvalue weighted by Crippen LogP contribution is -2.06. The topological polar surface area (TPSA) is 58.6 Å². The van der Waals surface area contributed by atoms with Crippen LogP contribution in [0.5, 0.6) is 5.75 Å². The molecule has 0 aromatic heterocycles. The van der Waals surface area contributed by atoms with Gasteiger partial charge in [-0.3, -0.25) is 4.99 Å². The lowest BCUT2D eigenvalue weighted by atomic mass is 9.96. The van der Waals surface area contributed by atoms with E-state index in [-0.39, 0.29) is 11.7 Å². The lowest BCUT2D eigenvalue weighted by molar-refractivity contribution is 0.474. The van der Waals surface area contributed by atoms with E-state index in [0.717, 1.165) is 5.56 Å². The van der Waals surface area contributed by atoms with E-state index >= 15 is 0 Å². The second-order valence-electron chi connectivity index (χ2n) is 3.32. The number of phenolic OH excluding ortho intramolecular Hbond substituents is 1. The van der Waals surface area contributed by atoms with Crippen molar-refractivity contribution in [1.29, 1.82) is 0 Å². The summed E-state index contributed by atoms with van der Waals surface area (Å²) in [5, 5.41) is 9.35.